The van der Waals surface area contributed by atoms with Crippen LogP contribution in [0.3, 0.4) is 0 Å². The van der Waals surface area contributed by atoms with Crippen molar-refractivity contribution in [2.24, 2.45) is 0 Å². The molecule has 2 heterocycles. The smallest absolute Gasteiger partial charge is 0.263 e. The SMILES string of the molecule is O=C1C(=Cc2ccc[nH]2)c2ccccc2N1C=Cc1ccccc1. The minimum Gasteiger partial charge on any atom is -0.362 e. The molecule has 0 bridgehead atoms. The van der Waals surface area contributed by atoms with Gasteiger partial charge in [0.2, 0.25) is 0 Å². The summed E-state index contributed by atoms with van der Waals surface area (Å²) in [5.41, 5.74) is 4.54. The highest BCUT2D eigenvalue weighted by Gasteiger charge is 2.30. The van der Waals surface area contributed by atoms with Crippen LogP contribution in [0.15, 0.2) is 79.1 Å². The number of benzene rings is 2. The van der Waals surface area contributed by atoms with E-state index in [0.29, 0.717) is 5.57 Å². The van der Waals surface area contributed by atoms with Gasteiger partial charge in [0.25, 0.3) is 5.91 Å². The lowest BCUT2D eigenvalue weighted by molar-refractivity contribution is -0.112. The normalized spacial score (nSPS) is 15.4. The van der Waals surface area contributed by atoms with Crippen molar-refractivity contribution in [2.75, 3.05) is 4.90 Å². The molecule has 0 radical (unpaired) electrons. The Balaban J connectivity index is 1.74. The van der Waals surface area contributed by atoms with Crippen molar-refractivity contribution in [3.8, 4) is 0 Å². The molecule has 2 aromatic carbocycles. The van der Waals surface area contributed by atoms with Crippen LogP contribution in [0.4, 0.5) is 5.69 Å². The van der Waals surface area contributed by atoms with Gasteiger partial charge in [-0.3, -0.25) is 9.69 Å². The van der Waals surface area contributed by atoms with E-state index < -0.39 is 0 Å². The topological polar surface area (TPSA) is 36.1 Å². The molecule has 4 rings (SSSR count). The van der Waals surface area contributed by atoms with Crippen LogP contribution in [0.2, 0.25) is 0 Å². The Hall–Kier alpha value is -3.33. The van der Waals surface area contributed by atoms with Crippen LogP contribution in [-0.2, 0) is 4.79 Å². The Morgan fingerprint density at radius 2 is 1.67 bits per heavy atom. The monoisotopic (exact) mass is 312 g/mol. The van der Waals surface area contributed by atoms with E-state index in [2.05, 4.69) is 4.98 Å². The van der Waals surface area contributed by atoms with Gasteiger partial charge in [0.05, 0.1) is 11.3 Å². The Bertz CT molecular complexity index is 921. The number of rotatable bonds is 3. The number of carbonyl (C=O) groups excluding carboxylic acids is 1. The molecule has 1 N–H and O–H groups in total. The predicted molar refractivity (Wildman–Crippen MR) is 98.1 cm³/mol. The number of hydrogen-bond acceptors (Lipinski definition) is 1. The number of nitrogens with one attached hydrogen (secondary N) is 1. The van der Waals surface area contributed by atoms with Gasteiger partial charge in [-0.15, -0.1) is 0 Å². The van der Waals surface area contributed by atoms with E-state index in [1.165, 1.54) is 0 Å². The van der Waals surface area contributed by atoms with Crippen molar-refractivity contribution in [3.63, 3.8) is 0 Å². The van der Waals surface area contributed by atoms with Crippen molar-refractivity contribution in [1.29, 1.82) is 0 Å². The van der Waals surface area contributed by atoms with E-state index >= 15 is 0 Å². The molecule has 1 amide bonds. The summed E-state index contributed by atoms with van der Waals surface area (Å²) in [6.45, 7) is 0. The summed E-state index contributed by atoms with van der Waals surface area (Å²) < 4.78 is 0. The number of carbonyl (C=O) groups is 1. The van der Waals surface area contributed by atoms with Crippen LogP contribution in [-0.4, -0.2) is 10.9 Å². The molecule has 0 atom stereocenters. The number of aromatic amines is 1. The molecule has 0 saturated heterocycles. The largest absolute Gasteiger partial charge is 0.362 e. The van der Waals surface area contributed by atoms with E-state index in [1.807, 2.05) is 91.3 Å². The molecule has 0 fully saturated rings. The first-order chi connectivity index (χ1) is 11.8. The fraction of sp³-hybridized carbons (Fsp3) is 0. The summed E-state index contributed by atoms with van der Waals surface area (Å²) in [4.78, 5) is 17.7. The molecule has 116 valence electrons. The zero-order chi connectivity index (χ0) is 16.4. The highest BCUT2D eigenvalue weighted by molar-refractivity contribution is 6.36. The number of aromatic nitrogens is 1. The van der Waals surface area contributed by atoms with Crippen molar-refractivity contribution >= 4 is 29.3 Å². The van der Waals surface area contributed by atoms with E-state index in [-0.39, 0.29) is 5.91 Å². The molecule has 3 nitrogen and oxygen atoms in total. The number of para-hydroxylation sites is 1. The first-order valence-electron chi connectivity index (χ1n) is 7.84. The fourth-order valence-corrected chi connectivity index (χ4v) is 2.87. The van der Waals surface area contributed by atoms with Crippen LogP contribution < -0.4 is 4.90 Å². The maximum atomic E-state index is 12.9. The minimum absolute atomic E-state index is 0.0158. The second-order valence-electron chi connectivity index (χ2n) is 5.60. The number of hydrogen-bond donors (Lipinski definition) is 1. The number of anilines is 1. The summed E-state index contributed by atoms with van der Waals surface area (Å²) >= 11 is 0. The average molecular weight is 312 g/mol. The molecular formula is C21H16N2O. The third kappa shape index (κ3) is 2.57. The molecule has 1 aromatic heterocycles. The quantitative estimate of drug-likeness (QED) is 0.706. The van der Waals surface area contributed by atoms with Gasteiger partial charge >= 0.3 is 0 Å². The van der Waals surface area contributed by atoms with Gasteiger partial charge in [0.1, 0.15) is 0 Å². The molecule has 1 aliphatic heterocycles. The summed E-state index contributed by atoms with van der Waals surface area (Å²) in [6, 6.07) is 21.7. The second kappa shape index (κ2) is 6.05. The molecule has 0 aliphatic carbocycles. The third-order valence-corrected chi connectivity index (χ3v) is 4.04. The lowest BCUT2D eigenvalue weighted by Gasteiger charge is -2.11. The molecule has 1 aliphatic rings. The van der Waals surface area contributed by atoms with Gasteiger partial charge in [-0.05, 0) is 35.9 Å². The van der Waals surface area contributed by atoms with E-state index in [1.54, 1.807) is 4.90 Å². The number of nitrogens with zero attached hydrogens (tertiary/aromatic N) is 1. The fourth-order valence-electron chi connectivity index (χ4n) is 2.87. The van der Waals surface area contributed by atoms with E-state index in [4.69, 9.17) is 0 Å². The maximum Gasteiger partial charge on any atom is 0.263 e. The van der Waals surface area contributed by atoms with Crippen molar-refractivity contribution in [2.45, 2.75) is 0 Å². The summed E-state index contributed by atoms with van der Waals surface area (Å²) in [5.74, 6) is -0.0158. The Labute approximate surface area is 140 Å². The Morgan fingerprint density at radius 3 is 2.46 bits per heavy atom. The van der Waals surface area contributed by atoms with Gasteiger partial charge in [0.15, 0.2) is 0 Å². The number of fused-ring (bicyclic) bond motifs is 1. The van der Waals surface area contributed by atoms with Gasteiger partial charge in [-0.2, -0.15) is 0 Å². The number of H-pyrrole nitrogens is 1. The Kier molecular flexibility index (Phi) is 3.60. The van der Waals surface area contributed by atoms with Gasteiger partial charge in [-0.25, -0.2) is 0 Å². The molecule has 0 spiro atoms. The lowest BCUT2D eigenvalue weighted by atomic mass is 10.1. The first-order valence-corrected chi connectivity index (χ1v) is 7.84. The lowest BCUT2D eigenvalue weighted by Crippen LogP contribution is -2.19. The van der Waals surface area contributed by atoms with Crippen LogP contribution in [0.1, 0.15) is 16.8 Å². The molecular weight excluding hydrogens is 296 g/mol. The van der Waals surface area contributed by atoms with E-state index in [9.17, 15) is 4.79 Å². The highest BCUT2D eigenvalue weighted by atomic mass is 16.2. The van der Waals surface area contributed by atoms with Crippen molar-refractivity contribution in [3.05, 3.63) is 95.9 Å². The zero-order valence-electron chi connectivity index (χ0n) is 13.0. The van der Waals surface area contributed by atoms with Gasteiger partial charge < -0.3 is 4.98 Å². The van der Waals surface area contributed by atoms with Gasteiger partial charge in [-0.1, -0.05) is 48.5 Å². The van der Waals surface area contributed by atoms with Gasteiger partial charge in [0, 0.05) is 23.7 Å². The molecule has 3 aromatic rings. The third-order valence-electron chi connectivity index (χ3n) is 4.04. The van der Waals surface area contributed by atoms with Crippen LogP contribution >= 0.6 is 0 Å². The van der Waals surface area contributed by atoms with Crippen LogP contribution in [0, 0.1) is 0 Å². The molecule has 0 saturated carbocycles. The second-order valence-corrected chi connectivity index (χ2v) is 5.60. The minimum atomic E-state index is -0.0158. The van der Waals surface area contributed by atoms with Crippen molar-refractivity contribution in [1.82, 2.24) is 4.98 Å². The predicted octanol–water partition coefficient (Wildman–Crippen LogP) is 4.57. The van der Waals surface area contributed by atoms with Crippen LogP contribution in [0.5, 0.6) is 0 Å². The first kappa shape index (κ1) is 14.3. The Morgan fingerprint density at radius 1 is 0.875 bits per heavy atom. The molecule has 24 heavy (non-hydrogen) atoms. The summed E-state index contributed by atoms with van der Waals surface area (Å²) in [5, 5.41) is 0. The molecule has 3 heteroatoms. The summed E-state index contributed by atoms with van der Waals surface area (Å²) in [7, 11) is 0. The van der Waals surface area contributed by atoms with E-state index in [0.717, 1.165) is 22.5 Å². The standard InChI is InChI=1S/C21H16N2O/c24-21-19(15-17-9-6-13-22-17)18-10-4-5-11-20(18)23(21)14-12-16-7-2-1-3-8-16/h1-15,22H. The highest BCUT2D eigenvalue weighted by Crippen LogP contribution is 2.37. The van der Waals surface area contributed by atoms with Crippen LogP contribution in [0.25, 0.3) is 17.7 Å². The molecule has 0 unspecified atom stereocenters. The van der Waals surface area contributed by atoms with Crippen molar-refractivity contribution < 1.29 is 4.79 Å². The summed E-state index contributed by atoms with van der Waals surface area (Å²) in [6.07, 6.45) is 7.54. The average Bonchev–Trinajstić information content (AvgIpc) is 3.22. The maximum absolute atomic E-state index is 12.9. The number of amides is 1. The zero-order valence-corrected chi connectivity index (χ0v) is 13.0.